The molecule has 4 aromatic rings. The quantitative estimate of drug-likeness (QED) is 0.0128. The van der Waals surface area contributed by atoms with Gasteiger partial charge in [-0.15, -0.1) is 0 Å². The number of benzene rings is 4. The number of alkyl halides is 1. The molecule has 0 unspecified atom stereocenters. The molecule has 4 aromatic carbocycles. The van der Waals surface area contributed by atoms with Crippen LogP contribution in [0.2, 0.25) is 0 Å². The molecule has 67 heavy (non-hydrogen) atoms. The third-order valence-corrected chi connectivity index (χ3v) is 13.0. The van der Waals surface area contributed by atoms with Crippen molar-refractivity contribution in [2.24, 2.45) is 0 Å². The van der Waals surface area contributed by atoms with Gasteiger partial charge in [0.15, 0.2) is 0 Å². The van der Waals surface area contributed by atoms with E-state index in [0.717, 1.165) is 38.8 Å². The van der Waals surface area contributed by atoms with E-state index in [9.17, 15) is 0 Å². The molecule has 0 fully saturated rings. The SMILES string of the molecule is CCCCCCCCCCCCCCCCBr.CCCCCCCCCCCCCCCCOc1ccc(-c2ccc(Br)cc2)cc1.O=CO[O-].Oc1ccc(-c2ccc(Br)cc2)cc1.[H-].[K+].[K+]. The molecule has 0 atom stereocenters. The minimum atomic E-state index is -0.181. The first kappa shape index (κ1) is 69.7. The largest absolute Gasteiger partial charge is 1.00 e. The fraction of sp³-hybridized carbons (Fsp3) is 0.561. The number of rotatable bonds is 33. The fourth-order valence-electron chi connectivity index (χ4n) is 7.46. The average molecular weight is 1170 g/mol. The summed E-state index contributed by atoms with van der Waals surface area (Å²) in [6, 6.07) is 32.1. The van der Waals surface area contributed by atoms with Crippen molar-refractivity contribution in [2.75, 3.05) is 11.9 Å². The summed E-state index contributed by atoms with van der Waals surface area (Å²) in [5, 5.41) is 18.8. The number of aromatic hydroxyl groups is 1. The average Bonchev–Trinajstić information content (AvgIpc) is 3.33. The van der Waals surface area contributed by atoms with E-state index in [1.165, 1.54) is 190 Å². The van der Waals surface area contributed by atoms with Gasteiger partial charge in [-0.25, -0.2) is 0 Å². The Morgan fingerprint density at radius 1 is 0.448 bits per heavy atom. The van der Waals surface area contributed by atoms with Crippen LogP contribution in [-0.2, 0) is 9.68 Å². The van der Waals surface area contributed by atoms with Crippen LogP contribution < -0.4 is 113 Å². The van der Waals surface area contributed by atoms with Gasteiger partial charge in [0.05, 0.1) is 6.61 Å². The fourth-order valence-corrected chi connectivity index (χ4v) is 8.38. The molecule has 0 aliphatic heterocycles. The van der Waals surface area contributed by atoms with Gasteiger partial charge in [0, 0.05) is 14.3 Å². The monoisotopic (exact) mass is 1160 g/mol. The van der Waals surface area contributed by atoms with Crippen LogP contribution in [0.3, 0.4) is 0 Å². The molecule has 0 aromatic heterocycles. The van der Waals surface area contributed by atoms with Crippen molar-refractivity contribution in [3.63, 3.8) is 0 Å². The number of phenols is 1. The topological polar surface area (TPSA) is 78.8 Å². The van der Waals surface area contributed by atoms with Gasteiger partial charge in [-0.3, -0.25) is 4.79 Å². The van der Waals surface area contributed by atoms with Crippen LogP contribution in [-0.4, -0.2) is 23.5 Å². The molecule has 0 amide bonds. The van der Waals surface area contributed by atoms with E-state index in [-0.39, 0.29) is 111 Å². The molecule has 366 valence electrons. The summed E-state index contributed by atoms with van der Waals surface area (Å²) in [5.41, 5.74) is 4.71. The number of carbonyl (C=O) groups is 1. The molecule has 0 saturated heterocycles. The van der Waals surface area contributed by atoms with E-state index in [1.807, 2.05) is 36.4 Å². The minimum Gasteiger partial charge on any atom is -1.00 e. The zero-order valence-corrected chi connectivity index (χ0v) is 53.2. The first-order chi connectivity index (χ1) is 31.9. The molecule has 0 aliphatic rings. The standard InChI is InChI=1S/C28H41BrO.C16H33Br.C12H9BrO.CH2O3.2K.H/c1-2-3-4-5-6-7-8-9-10-11-12-13-14-15-24-30-28-22-18-26(19-23-28)25-16-20-27(29)21-17-25;1-2-3-4-5-6-7-8-9-10-11-12-13-14-15-16-17;13-11-5-1-9(2-6-11)10-3-7-12(14)8-4-10;2-1-4-3;;;/h16-23H,2-15,24H2,1H3;2-16H2,1H3;1-8,14H;1,3H;;;/q;;;;2*+1;-1/p-1. The van der Waals surface area contributed by atoms with Gasteiger partial charge < -0.3 is 21.4 Å². The van der Waals surface area contributed by atoms with E-state index < -0.39 is 0 Å². The number of unbranched alkanes of at least 4 members (excludes halogenated alkanes) is 26. The predicted octanol–water partition coefficient (Wildman–Crippen LogP) is 13.2. The Labute approximate surface area is 521 Å². The molecule has 1 N–H and O–H groups in total. The molecule has 0 heterocycles. The Morgan fingerprint density at radius 3 is 0.985 bits per heavy atom. The van der Waals surface area contributed by atoms with Crippen LogP contribution in [0.4, 0.5) is 0 Å². The number of hydrogen-bond acceptors (Lipinski definition) is 5. The number of hydrogen-bond donors (Lipinski definition) is 1. The van der Waals surface area contributed by atoms with Gasteiger partial charge >= 0.3 is 103 Å². The van der Waals surface area contributed by atoms with Gasteiger partial charge in [-0.05, 0) is 83.6 Å². The minimum absolute atomic E-state index is 0. The Bertz CT molecular complexity index is 1560. The van der Waals surface area contributed by atoms with Crippen molar-refractivity contribution >= 4 is 54.3 Å². The third kappa shape index (κ3) is 42.8. The summed E-state index contributed by atoms with van der Waals surface area (Å²) in [6.07, 6.45) is 39.8. The van der Waals surface area contributed by atoms with Gasteiger partial charge in [-0.1, -0.05) is 277 Å². The molecular formula is C57H85Br3K2O5. The number of ether oxygens (including phenoxy) is 1. The van der Waals surface area contributed by atoms with E-state index in [0.29, 0.717) is 5.75 Å². The first-order valence-corrected chi connectivity index (χ1v) is 27.9. The summed E-state index contributed by atoms with van der Waals surface area (Å²) < 4.78 is 8.10. The summed E-state index contributed by atoms with van der Waals surface area (Å²) in [5.74, 6) is 1.27. The molecule has 0 bridgehead atoms. The van der Waals surface area contributed by atoms with Gasteiger partial charge in [-0.2, -0.15) is 0 Å². The van der Waals surface area contributed by atoms with E-state index in [4.69, 9.17) is 19.9 Å². The van der Waals surface area contributed by atoms with E-state index in [1.54, 1.807) is 12.1 Å². The molecule has 0 saturated carbocycles. The molecule has 10 heteroatoms. The molecule has 5 nitrogen and oxygen atoms in total. The van der Waals surface area contributed by atoms with Crippen LogP contribution in [0, 0.1) is 0 Å². The van der Waals surface area contributed by atoms with Crippen molar-refractivity contribution < 1.29 is 129 Å². The smallest absolute Gasteiger partial charge is 1.00 e. The maximum Gasteiger partial charge on any atom is 1.00 e. The molecule has 0 radical (unpaired) electrons. The first-order valence-electron chi connectivity index (χ1n) is 25.2. The van der Waals surface area contributed by atoms with Crippen LogP contribution >= 0.6 is 47.8 Å². The Kier molecular flexibility index (Phi) is 55.1. The molecule has 0 spiro atoms. The summed E-state index contributed by atoms with van der Waals surface area (Å²) >= 11 is 10.4. The second kappa shape index (κ2) is 52.9. The van der Waals surface area contributed by atoms with Gasteiger partial charge in [0.2, 0.25) is 0 Å². The second-order valence-corrected chi connectivity index (χ2v) is 19.6. The number of carbonyl (C=O) groups excluding carboxylic acids is 1. The normalized spacial score (nSPS) is 10.1. The Balaban J connectivity index is -0.000000945. The molecular weight excluding hydrogens is 1080 g/mol. The van der Waals surface area contributed by atoms with Crippen LogP contribution in [0.1, 0.15) is 195 Å². The zero-order chi connectivity index (χ0) is 47.3. The maximum absolute atomic E-state index is 9.14. The van der Waals surface area contributed by atoms with Crippen molar-refractivity contribution in [2.45, 2.75) is 194 Å². The summed E-state index contributed by atoms with van der Waals surface area (Å²) in [7, 11) is 0. The van der Waals surface area contributed by atoms with Crippen molar-refractivity contribution in [3.8, 4) is 33.8 Å². The van der Waals surface area contributed by atoms with Crippen LogP contribution in [0.25, 0.3) is 22.3 Å². The molecule has 0 aliphatic carbocycles. The summed E-state index contributed by atoms with van der Waals surface area (Å²) in [6.45, 7) is 5.23. The number of halogens is 3. The molecule has 4 rings (SSSR count). The Hall–Kier alpha value is 0.623. The van der Waals surface area contributed by atoms with Crippen LogP contribution in [0.5, 0.6) is 11.5 Å². The second-order valence-electron chi connectivity index (χ2n) is 17.0. The maximum atomic E-state index is 9.14. The zero-order valence-electron chi connectivity index (χ0n) is 43.2. The number of phenolic OH excluding ortho intramolecular Hbond substituents is 1. The van der Waals surface area contributed by atoms with Crippen LogP contribution in [0.15, 0.2) is 106 Å². The summed E-state index contributed by atoms with van der Waals surface area (Å²) in [4.78, 5) is 11.2. The van der Waals surface area contributed by atoms with Crippen molar-refractivity contribution in [1.29, 1.82) is 0 Å². The van der Waals surface area contributed by atoms with Gasteiger partial charge in [0.1, 0.15) is 11.5 Å². The third-order valence-electron chi connectivity index (χ3n) is 11.4. The van der Waals surface area contributed by atoms with E-state index in [2.05, 4.69) is 115 Å². The van der Waals surface area contributed by atoms with Crippen molar-refractivity contribution in [1.82, 2.24) is 0 Å². The van der Waals surface area contributed by atoms with E-state index >= 15 is 0 Å². The predicted molar refractivity (Wildman–Crippen MR) is 289 cm³/mol. The Morgan fingerprint density at radius 2 is 0.701 bits per heavy atom. The van der Waals surface area contributed by atoms with Gasteiger partial charge in [0.25, 0.3) is 6.47 Å². The van der Waals surface area contributed by atoms with Crippen molar-refractivity contribution in [3.05, 3.63) is 106 Å².